The van der Waals surface area contributed by atoms with Crippen LogP contribution in [0.1, 0.15) is 24.8 Å². The van der Waals surface area contributed by atoms with E-state index in [1.165, 1.54) is 6.07 Å². The van der Waals surface area contributed by atoms with E-state index >= 15 is 4.39 Å². The highest BCUT2D eigenvalue weighted by Gasteiger charge is 2.27. The van der Waals surface area contributed by atoms with Crippen molar-refractivity contribution >= 4 is 34.0 Å². The Morgan fingerprint density at radius 1 is 1.20 bits per heavy atom. The van der Waals surface area contributed by atoms with Crippen molar-refractivity contribution in [2.75, 3.05) is 44.6 Å². The van der Waals surface area contributed by atoms with Gasteiger partial charge in [0.25, 0.3) is 0 Å². The van der Waals surface area contributed by atoms with Crippen LogP contribution in [0.3, 0.4) is 0 Å². The molecule has 1 aromatic carbocycles. The number of carbonyl (C=O) groups is 1. The third kappa shape index (κ3) is 5.29. The van der Waals surface area contributed by atoms with E-state index in [2.05, 4.69) is 30.9 Å². The van der Waals surface area contributed by atoms with Gasteiger partial charge in [-0.1, -0.05) is 0 Å². The second-order valence-electron chi connectivity index (χ2n) is 10.4. The van der Waals surface area contributed by atoms with Gasteiger partial charge in [0.1, 0.15) is 18.3 Å². The van der Waals surface area contributed by atoms with Gasteiger partial charge >= 0.3 is 5.88 Å². The SMILES string of the molecule is Cc1c(-c2cc3cc(/N=C(N)\C=C4\CCN(C5CCNCC5)C(=O)CN4)ncc3cc2F)c[nH+]c2c1NCCO2. The van der Waals surface area contributed by atoms with E-state index in [9.17, 15) is 4.79 Å². The molecule has 2 saturated heterocycles. The molecule has 208 valence electrons. The number of amidine groups is 1. The molecule has 2 fully saturated rings. The molecule has 3 aliphatic rings. The van der Waals surface area contributed by atoms with E-state index in [0.717, 1.165) is 53.8 Å². The number of fused-ring (bicyclic) bond motifs is 2. The van der Waals surface area contributed by atoms with Crippen molar-refractivity contribution in [1.82, 2.24) is 20.5 Å². The maximum Gasteiger partial charge on any atom is 0.390 e. The van der Waals surface area contributed by atoms with E-state index in [4.69, 9.17) is 10.5 Å². The zero-order chi connectivity index (χ0) is 27.6. The number of aromatic amines is 1. The first-order valence-electron chi connectivity index (χ1n) is 13.8. The number of aromatic nitrogens is 2. The van der Waals surface area contributed by atoms with E-state index < -0.39 is 0 Å². The molecule has 3 aromatic rings. The van der Waals surface area contributed by atoms with Crippen molar-refractivity contribution in [3.05, 3.63) is 53.7 Å². The molecule has 5 heterocycles. The lowest BCUT2D eigenvalue weighted by molar-refractivity contribution is -0.393. The number of nitrogens with zero attached hydrogens (tertiary/aromatic N) is 3. The van der Waals surface area contributed by atoms with Gasteiger partial charge in [-0.25, -0.2) is 14.4 Å². The predicted octanol–water partition coefficient (Wildman–Crippen LogP) is 2.41. The number of H-pyrrole nitrogens is 1. The number of halogens is 1. The summed E-state index contributed by atoms with van der Waals surface area (Å²) in [6.45, 7) is 5.99. The largest absolute Gasteiger partial charge is 0.441 e. The fourth-order valence-corrected chi connectivity index (χ4v) is 5.70. The second kappa shape index (κ2) is 11.1. The second-order valence-corrected chi connectivity index (χ2v) is 10.4. The summed E-state index contributed by atoms with van der Waals surface area (Å²) in [5.74, 6) is 1.14. The van der Waals surface area contributed by atoms with Gasteiger partial charge in [0.15, 0.2) is 17.7 Å². The summed E-state index contributed by atoms with van der Waals surface area (Å²) in [7, 11) is 0. The first-order valence-corrected chi connectivity index (χ1v) is 13.8. The predicted molar refractivity (Wildman–Crippen MR) is 152 cm³/mol. The Morgan fingerprint density at radius 3 is 2.90 bits per heavy atom. The number of hydrogen-bond donors (Lipinski definition) is 4. The Morgan fingerprint density at radius 2 is 2.05 bits per heavy atom. The smallest absolute Gasteiger partial charge is 0.390 e. The van der Waals surface area contributed by atoms with Crippen LogP contribution in [0.2, 0.25) is 0 Å². The first-order chi connectivity index (χ1) is 19.5. The minimum absolute atomic E-state index is 0.111. The summed E-state index contributed by atoms with van der Waals surface area (Å²) in [5, 5.41) is 11.4. The standard InChI is InChI=1S/C29H33FN8O2/c1-17-23(15-36-29-28(17)33-7-9-40-29)22-10-18-12-26(35-14-19(18)11-24(22)30)37-25(31)13-20-4-8-38(27(39)16-34-20)21-2-5-32-6-3-21/h10-15,21,32-34H,2-9,16H2,1H3,(H2,31,35,37)/p+1/b20-13-. The van der Waals surface area contributed by atoms with Gasteiger partial charge in [-0.05, 0) is 68.1 Å². The van der Waals surface area contributed by atoms with Gasteiger partial charge in [-0.3, -0.25) is 4.79 Å². The van der Waals surface area contributed by atoms with E-state index in [0.29, 0.717) is 48.8 Å². The molecule has 0 aliphatic carbocycles. The van der Waals surface area contributed by atoms with Crippen LogP contribution >= 0.6 is 0 Å². The van der Waals surface area contributed by atoms with E-state index in [1.807, 2.05) is 11.8 Å². The zero-order valence-electron chi connectivity index (χ0n) is 22.5. The van der Waals surface area contributed by atoms with Crippen LogP contribution in [0.4, 0.5) is 15.9 Å². The molecule has 11 heteroatoms. The minimum atomic E-state index is -0.338. The van der Waals surface area contributed by atoms with Crippen LogP contribution < -0.4 is 31.4 Å². The van der Waals surface area contributed by atoms with Gasteiger partial charge < -0.3 is 31.3 Å². The number of hydrogen-bond acceptors (Lipinski definition) is 7. The molecule has 40 heavy (non-hydrogen) atoms. The normalized spacial score (nSPS) is 19.6. The molecule has 3 aliphatic heterocycles. The Labute approximate surface area is 231 Å². The Bertz CT molecular complexity index is 1520. The van der Waals surface area contributed by atoms with Crippen molar-refractivity contribution in [3.8, 4) is 17.0 Å². The maximum absolute atomic E-state index is 15.2. The number of nitrogens with one attached hydrogen (secondary N) is 4. The van der Waals surface area contributed by atoms with Crippen LogP contribution in [-0.2, 0) is 4.79 Å². The quantitative estimate of drug-likeness (QED) is 0.293. The lowest BCUT2D eigenvalue weighted by Crippen LogP contribution is -2.47. The van der Waals surface area contributed by atoms with E-state index in [1.54, 1.807) is 30.6 Å². The maximum atomic E-state index is 15.2. The average molecular weight is 546 g/mol. The summed E-state index contributed by atoms with van der Waals surface area (Å²) in [4.78, 5) is 26.7. The van der Waals surface area contributed by atoms with Gasteiger partial charge in [0.05, 0.1) is 12.1 Å². The summed E-state index contributed by atoms with van der Waals surface area (Å²) >= 11 is 0. The summed E-state index contributed by atoms with van der Waals surface area (Å²) in [5.41, 5.74) is 10.1. The lowest BCUT2D eigenvalue weighted by atomic mass is 9.98. The minimum Gasteiger partial charge on any atom is -0.441 e. The van der Waals surface area contributed by atoms with Gasteiger partial charge in [-0.15, -0.1) is 0 Å². The van der Waals surface area contributed by atoms with Crippen LogP contribution in [-0.4, -0.2) is 67.0 Å². The summed E-state index contributed by atoms with van der Waals surface area (Å²) in [6, 6.07) is 5.37. The highest BCUT2D eigenvalue weighted by atomic mass is 19.1. The van der Waals surface area contributed by atoms with Gasteiger partial charge in [0, 0.05) is 48.4 Å². The number of piperidine rings is 1. The molecule has 0 atom stereocenters. The van der Waals surface area contributed by atoms with Crippen molar-refractivity contribution in [2.24, 2.45) is 10.7 Å². The van der Waals surface area contributed by atoms with Crippen LogP contribution in [0.15, 0.2) is 47.4 Å². The number of rotatable bonds is 4. The number of amides is 1. The Balaban J connectivity index is 1.24. The summed E-state index contributed by atoms with van der Waals surface area (Å²) < 4.78 is 20.9. The van der Waals surface area contributed by atoms with Gasteiger partial charge in [-0.2, -0.15) is 4.98 Å². The molecule has 0 spiro atoms. The number of anilines is 1. The van der Waals surface area contributed by atoms with Crippen molar-refractivity contribution in [3.63, 3.8) is 0 Å². The number of carbonyl (C=O) groups excluding carboxylic acids is 1. The third-order valence-corrected chi connectivity index (χ3v) is 7.81. The molecular formula is C29H34FN8O2+. The van der Waals surface area contributed by atoms with E-state index in [-0.39, 0.29) is 30.1 Å². The molecule has 2 aromatic heterocycles. The van der Waals surface area contributed by atoms with Gasteiger partial charge in [0.2, 0.25) is 5.91 Å². The molecular weight excluding hydrogens is 511 g/mol. The summed E-state index contributed by atoms with van der Waals surface area (Å²) in [6.07, 6.45) is 7.76. The van der Waals surface area contributed by atoms with Crippen LogP contribution in [0.25, 0.3) is 21.9 Å². The molecule has 1 amide bonds. The lowest BCUT2D eigenvalue weighted by Gasteiger charge is -2.33. The van der Waals surface area contributed by atoms with Crippen LogP contribution in [0.5, 0.6) is 5.88 Å². The highest BCUT2D eigenvalue weighted by Crippen LogP contribution is 2.36. The number of benzene rings is 1. The van der Waals surface area contributed by atoms with Crippen molar-refractivity contribution in [1.29, 1.82) is 0 Å². The molecule has 10 nitrogen and oxygen atoms in total. The Hall–Kier alpha value is -4.25. The van der Waals surface area contributed by atoms with Crippen molar-refractivity contribution < 1.29 is 18.9 Å². The zero-order valence-corrected chi connectivity index (χ0v) is 22.5. The number of ether oxygens (including phenoxy) is 1. The molecule has 0 bridgehead atoms. The molecule has 6 rings (SSSR count). The molecule has 0 unspecified atom stereocenters. The fraction of sp³-hybridized carbons (Fsp3) is 0.379. The monoisotopic (exact) mass is 545 g/mol. The molecule has 6 N–H and O–H groups in total. The number of pyridine rings is 2. The Kier molecular flexibility index (Phi) is 7.21. The highest BCUT2D eigenvalue weighted by molar-refractivity contribution is 5.95. The van der Waals surface area contributed by atoms with Crippen molar-refractivity contribution in [2.45, 2.75) is 32.2 Å². The first kappa shape index (κ1) is 26.0. The van der Waals surface area contributed by atoms with Crippen LogP contribution in [0, 0.1) is 12.7 Å². The molecule has 0 radical (unpaired) electrons. The third-order valence-electron chi connectivity index (χ3n) is 7.81. The fourth-order valence-electron chi connectivity index (χ4n) is 5.70. The molecule has 0 saturated carbocycles. The number of aliphatic imine (C=N–C) groups is 1. The topological polar surface area (TPSA) is 131 Å². The average Bonchev–Trinajstić information content (AvgIpc) is 3.15. The number of nitrogens with two attached hydrogens (primary N) is 1.